The molecule has 3 N–H and O–H groups in total. The number of thiophene rings is 1. The lowest BCUT2D eigenvalue weighted by Gasteiger charge is -2.12. The first-order chi connectivity index (χ1) is 16.0. The summed E-state index contributed by atoms with van der Waals surface area (Å²) in [5.41, 5.74) is 1.57. The first-order valence-electron chi connectivity index (χ1n) is 10.4. The summed E-state index contributed by atoms with van der Waals surface area (Å²) in [5.74, 6) is -1.12. The molecule has 3 aromatic rings. The lowest BCUT2D eigenvalue weighted by atomic mass is 10.1. The molecular weight excluding hydrogens is 462 g/mol. The molecule has 2 amide bonds. The molecule has 2 aromatic carbocycles. The van der Waals surface area contributed by atoms with Crippen LogP contribution in [-0.2, 0) is 9.53 Å². The summed E-state index contributed by atoms with van der Waals surface area (Å²) in [5, 5.41) is 9.16. The summed E-state index contributed by atoms with van der Waals surface area (Å²) < 4.78 is 5.19. The van der Waals surface area contributed by atoms with Crippen LogP contribution in [0.15, 0.2) is 60.7 Å². The molecule has 0 saturated heterocycles. The van der Waals surface area contributed by atoms with Gasteiger partial charge in [-0.1, -0.05) is 36.4 Å². The standard InChI is InChI=1S/C24H24ClN3O4S/c1-2-32-24(31)21-20(28-18(29)14-9-15-25)19(22(30)26-16-10-5-3-6-11-16)23(33-21)27-17-12-7-4-8-13-17/h3-8,10-13,27H,2,9,14-15H2,1H3,(H,26,30)(H,28,29). The van der Waals surface area contributed by atoms with E-state index in [9.17, 15) is 14.4 Å². The Morgan fingerprint density at radius 3 is 2.18 bits per heavy atom. The number of halogens is 1. The van der Waals surface area contributed by atoms with Gasteiger partial charge in [0.15, 0.2) is 0 Å². The third-order valence-corrected chi connectivity index (χ3v) is 5.81. The fourth-order valence-electron chi connectivity index (χ4n) is 2.99. The molecule has 172 valence electrons. The first-order valence-corrected chi connectivity index (χ1v) is 11.8. The Labute approximate surface area is 201 Å². The van der Waals surface area contributed by atoms with Crippen LogP contribution in [0.3, 0.4) is 0 Å². The second kappa shape index (κ2) is 12.0. The van der Waals surface area contributed by atoms with Crippen LogP contribution in [0.2, 0.25) is 0 Å². The Bertz CT molecular complexity index is 1100. The molecule has 0 aliphatic carbocycles. The minimum absolute atomic E-state index is 0.116. The quantitative estimate of drug-likeness (QED) is 0.246. The molecule has 0 unspecified atom stereocenters. The maximum Gasteiger partial charge on any atom is 0.350 e. The van der Waals surface area contributed by atoms with Gasteiger partial charge in [-0.3, -0.25) is 9.59 Å². The monoisotopic (exact) mass is 485 g/mol. The van der Waals surface area contributed by atoms with E-state index < -0.39 is 11.9 Å². The Balaban J connectivity index is 2.07. The SMILES string of the molecule is CCOC(=O)c1sc(Nc2ccccc2)c(C(=O)Nc2ccccc2)c1NC(=O)CCCCl. The van der Waals surface area contributed by atoms with Crippen LogP contribution >= 0.6 is 22.9 Å². The number of anilines is 4. The predicted molar refractivity (Wildman–Crippen MR) is 133 cm³/mol. The smallest absolute Gasteiger partial charge is 0.350 e. The topological polar surface area (TPSA) is 96.5 Å². The van der Waals surface area contributed by atoms with Gasteiger partial charge >= 0.3 is 5.97 Å². The zero-order valence-electron chi connectivity index (χ0n) is 18.0. The molecule has 0 bridgehead atoms. The largest absolute Gasteiger partial charge is 0.462 e. The third kappa shape index (κ3) is 6.57. The van der Waals surface area contributed by atoms with E-state index in [4.69, 9.17) is 16.3 Å². The number of nitrogens with one attached hydrogen (secondary N) is 3. The molecule has 0 saturated carbocycles. The van der Waals surface area contributed by atoms with Gasteiger partial charge in [0.1, 0.15) is 9.88 Å². The normalized spacial score (nSPS) is 10.4. The molecule has 1 heterocycles. The van der Waals surface area contributed by atoms with Crippen molar-refractivity contribution in [2.45, 2.75) is 19.8 Å². The third-order valence-electron chi connectivity index (χ3n) is 4.46. The molecule has 0 atom stereocenters. The van der Waals surface area contributed by atoms with Crippen LogP contribution in [0, 0.1) is 0 Å². The number of amides is 2. The number of esters is 1. The first kappa shape index (κ1) is 24.3. The molecular formula is C24H24ClN3O4S. The second-order valence-corrected chi connectivity index (χ2v) is 8.28. The van der Waals surface area contributed by atoms with E-state index >= 15 is 0 Å². The van der Waals surface area contributed by atoms with Crippen molar-refractivity contribution in [3.63, 3.8) is 0 Å². The van der Waals surface area contributed by atoms with Crippen molar-refractivity contribution in [1.82, 2.24) is 0 Å². The summed E-state index contributed by atoms with van der Waals surface area (Å²) in [7, 11) is 0. The van der Waals surface area contributed by atoms with Gasteiger partial charge in [-0.2, -0.15) is 0 Å². The minimum atomic E-state index is -0.620. The molecule has 0 aliphatic rings. The molecule has 1 aromatic heterocycles. The summed E-state index contributed by atoms with van der Waals surface area (Å²) >= 11 is 6.76. The van der Waals surface area contributed by atoms with E-state index in [1.807, 2.05) is 36.4 Å². The number of benzene rings is 2. The van der Waals surface area contributed by atoms with E-state index in [-0.39, 0.29) is 35.1 Å². The van der Waals surface area contributed by atoms with Crippen molar-refractivity contribution in [3.8, 4) is 0 Å². The van der Waals surface area contributed by atoms with Gasteiger partial charge < -0.3 is 20.7 Å². The number of carbonyl (C=O) groups excluding carboxylic acids is 3. The number of rotatable bonds is 10. The second-order valence-electron chi connectivity index (χ2n) is 6.88. The van der Waals surface area contributed by atoms with Gasteiger partial charge in [0.25, 0.3) is 5.91 Å². The van der Waals surface area contributed by atoms with E-state index in [1.54, 1.807) is 31.2 Å². The zero-order chi connectivity index (χ0) is 23.6. The lowest BCUT2D eigenvalue weighted by molar-refractivity contribution is -0.116. The van der Waals surface area contributed by atoms with Crippen molar-refractivity contribution >= 4 is 62.8 Å². The molecule has 33 heavy (non-hydrogen) atoms. The van der Waals surface area contributed by atoms with Crippen molar-refractivity contribution in [1.29, 1.82) is 0 Å². The number of para-hydroxylation sites is 2. The zero-order valence-corrected chi connectivity index (χ0v) is 19.6. The maximum atomic E-state index is 13.4. The van der Waals surface area contributed by atoms with E-state index in [0.717, 1.165) is 17.0 Å². The summed E-state index contributed by atoms with van der Waals surface area (Å²) in [6, 6.07) is 18.2. The van der Waals surface area contributed by atoms with Gasteiger partial charge in [0.05, 0.1) is 17.9 Å². The average molecular weight is 486 g/mol. The van der Waals surface area contributed by atoms with Gasteiger partial charge in [-0.25, -0.2) is 4.79 Å². The summed E-state index contributed by atoms with van der Waals surface area (Å²) in [4.78, 5) is 38.8. The highest BCUT2D eigenvalue weighted by molar-refractivity contribution is 7.19. The van der Waals surface area contributed by atoms with Crippen molar-refractivity contribution in [2.75, 3.05) is 28.4 Å². The van der Waals surface area contributed by atoms with Crippen molar-refractivity contribution < 1.29 is 19.1 Å². The number of hydrogen-bond donors (Lipinski definition) is 3. The molecule has 3 rings (SSSR count). The van der Waals surface area contributed by atoms with E-state index in [0.29, 0.717) is 23.0 Å². The Hall–Kier alpha value is -3.36. The molecule has 7 nitrogen and oxygen atoms in total. The molecule has 0 spiro atoms. The predicted octanol–water partition coefficient (Wildman–Crippen LogP) is 5.88. The molecule has 9 heteroatoms. The van der Waals surface area contributed by atoms with Crippen LogP contribution in [0.1, 0.15) is 39.8 Å². The summed E-state index contributed by atoms with van der Waals surface area (Å²) in [6.45, 7) is 1.85. The van der Waals surface area contributed by atoms with Crippen LogP contribution in [-0.4, -0.2) is 30.3 Å². The van der Waals surface area contributed by atoms with Crippen LogP contribution in [0.5, 0.6) is 0 Å². The highest BCUT2D eigenvalue weighted by atomic mass is 35.5. The summed E-state index contributed by atoms with van der Waals surface area (Å²) in [6.07, 6.45) is 0.621. The highest BCUT2D eigenvalue weighted by Crippen LogP contribution is 2.40. The lowest BCUT2D eigenvalue weighted by Crippen LogP contribution is -2.19. The van der Waals surface area contributed by atoms with E-state index in [1.165, 1.54) is 0 Å². The van der Waals surface area contributed by atoms with Crippen LogP contribution in [0.25, 0.3) is 0 Å². The van der Waals surface area contributed by atoms with Crippen molar-refractivity contribution in [2.24, 2.45) is 0 Å². The van der Waals surface area contributed by atoms with Gasteiger partial charge in [-0.15, -0.1) is 22.9 Å². The van der Waals surface area contributed by atoms with Gasteiger partial charge in [-0.05, 0) is 37.6 Å². The molecule has 0 radical (unpaired) electrons. The van der Waals surface area contributed by atoms with Gasteiger partial charge in [0.2, 0.25) is 5.91 Å². The highest BCUT2D eigenvalue weighted by Gasteiger charge is 2.29. The fourth-order valence-corrected chi connectivity index (χ4v) is 4.19. The van der Waals surface area contributed by atoms with Crippen molar-refractivity contribution in [3.05, 3.63) is 71.1 Å². The van der Waals surface area contributed by atoms with Crippen LogP contribution < -0.4 is 16.0 Å². The Morgan fingerprint density at radius 2 is 1.58 bits per heavy atom. The number of hydrogen-bond acceptors (Lipinski definition) is 6. The fraction of sp³-hybridized carbons (Fsp3) is 0.208. The van der Waals surface area contributed by atoms with E-state index in [2.05, 4.69) is 16.0 Å². The minimum Gasteiger partial charge on any atom is -0.462 e. The molecule has 0 fully saturated rings. The van der Waals surface area contributed by atoms with Gasteiger partial charge in [0, 0.05) is 23.7 Å². The Kier molecular flexibility index (Phi) is 8.86. The Morgan fingerprint density at radius 1 is 0.939 bits per heavy atom. The average Bonchev–Trinajstić information content (AvgIpc) is 3.16. The molecule has 0 aliphatic heterocycles. The van der Waals surface area contributed by atoms with Crippen LogP contribution in [0.4, 0.5) is 22.1 Å². The maximum absolute atomic E-state index is 13.4. The number of carbonyl (C=O) groups is 3. The number of ether oxygens (including phenoxy) is 1. The number of alkyl halides is 1.